The van der Waals surface area contributed by atoms with E-state index in [1.807, 2.05) is 45.3 Å². The van der Waals surface area contributed by atoms with Crippen LogP contribution in [0.4, 0.5) is 0 Å². The van der Waals surface area contributed by atoms with Crippen LogP contribution < -0.4 is 15.3 Å². The Morgan fingerprint density at radius 3 is 1.12 bits per heavy atom. The fourth-order valence-electron chi connectivity index (χ4n) is 7.60. The summed E-state index contributed by atoms with van der Waals surface area (Å²) in [5.74, 6) is 3.26. The summed E-state index contributed by atoms with van der Waals surface area (Å²) < 4.78 is 23.3. The van der Waals surface area contributed by atoms with E-state index in [-0.39, 0.29) is 0 Å². The van der Waals surface area contributed by atoms with Crippen molar-refractivity contribution in [2.45, 2.75) is 160 Å². The van der Waals surface area contributed by atoms with Crippen LogP contribution in [0.1, 0.15) is 130 Å². The number of ether oxygens (including phenoxy) is 2. The van der Waals surface area contributed by atoms with E-state index in [1.165, 1.54) is 142 Å². The fraction of sp³-hybridized carbons (Fsp3) is 0.625. The predicted octanol–water partition coefficient (Wildman–Crippen LogP) is 17.0. The van der Waals surface area contributed by atoms with Gasteiger partial charge in [0.15, 0.2) is 0 Å². The molecule has 5 rings (SSSR count). The van der Waals surface area contributed by atoms with E-state index in [4.69, 9.17) is 9.47 Å². The second kappa shape index (κ2) is 22.5. The minimum absolute atomic E-state index is 0.592. The standard InChI is InChI=1S/C42H56O2S4.6CH3.2Sn/c1-5-9-13-15-19-31(17-11-7-3)29-43-35-25-34(40-28-42-38(48-40)22-24-46-42)36(26-33(35)39-27-41-37(47-39)21-23-45-41)44-30-32(18-12-8-4)20-16-14-10-6-2;;;;;;;;/h21-22,25-28,31-32H,5-20,29-30H2,1-4H3;6*1H3;;. The molecule has 0 amide bonds. The molecule has 0 N–H and O–H groups in total. The van der Waals surface area contributed by atoms with Gasteiger partial charge in [0.1, 0.15) is 0 Å². The van der Waals surface area contributed by atoms with Crippen molar-refractivity contribution in [2.75, 3.05) is 13.2 Å². The maximum absolute atomic E-state index is 7.13. The molecule has 8 heteroatoms. The van der Waals surface area contributed by atoms with Gasteiger partial charge in [-0.05, 0) is 0 Å². The van der Waals surface area contributed by atoms with Crippen molar-refractivity contribution < 1.29 is 9.47 Å². The zero-order valence-electron chi connectivity index (χ0n) is 36.8. The van der Waals surface area contributed by atoms with Crippen LogP contribution in [0.5, 0.6) is 11.5 Å². The third-order valence-electron chi connectivity index (χ3n) is 11.3. The number of unbranched alkanes of at least 4 members (excludes halogenated alkanes) is 8. The molecule has 0 spiro atoms. The molecule has 0 bridgehead atoms. The first-order chi connectivity index (χ1) is 26.8. The zero-order chi connectivity index (χ0) is 40.3. The van der Waals surface area contributed by atoms with Crippen molar-refractivity contribution in [3.63, 3.8) is 0 Å². The van der Waals surface area contributed by atoms with Gasteiger partial charge >= 0.3 is 291 Å². The molecule has 0 aliphatic heterocycles. The van der Waals surface area contributed by atoms with Crippen LogP contribution in [-0.2, 0) is 0 Å². The molecule has 0 saturated carbocycles. The molecule has 1 aromatic carbocycles. The zero-order valence-corrected chi connectivity index (χ0v) is 45.8. The summed E-state index contributed by atoms with van der Waals surface area (Å²) in [4.78, 5) is 17.9. The fourth-order valence-corrected chi connectivity index (χ4v) is 23.6. The van der Waals surface area contributed by atoms with E-state index in [0.717, 1.165) is 24.7 Å². The topological polar surface area (TPSA) is 18.5 Å². The molecule has 2 nitrogen and oxygen atoms in total. The van der Waals surface area contributed by atoms with E-state index in [1.54, 1.807) is 5.79 Å². The molecule has 0 aliphatic rings. The van der Waals surface area contributed by atoms with E-state index >= 15 is 0 Å². The van der Waals surface area contributed by atoms with Gasteiger partial charge in [-0.25, -0.2) is 0 Å². The number of rotatable bonds is 26. The molecule has 5 aromatic rings. The van der Waals surface area contributed by atoms with Crippen molar-refractivity contribution in [3.05, 3.63) is 36.4 Å². The summed E-state index contributed by atoms with van der Waals surface area (Å²) in [5.41, 5.74) is 2.43. The first kappa shape index (κ1) is 46.8. The van der Waals surface area contributed by atoms with Gasteiger partial charge in [-0.3, -0.25) is 0 Å². The van der Waals surface area contributed by atoms with Crippen LogP contribution in [-0.4, -0.2) is 50.0 Å². The molecule has 4 aromatic heterocycles. The molecule has 0 radical (unpaired) electrons. The second-order valence-corrected chi connectivity index (χ2v) is 53.7. The van der Waals surface area contributed by atoms with Crippen molar-refractivity contribution >= 4 is 107 Å². The van der Waals surface area contributed by atoms with Gasteiger partial charge in [0, 0.05) is 0 Å². The number of thiophene rings is 4. The monoisotopic (exact) mass is 1050 g/mol. The number of benzene rings is 1. The summed E-state index contributed by atoms with van der Waals surface area (Å²) in [6.07, 6.45) is 20.6. The van der Waals surface area contributed by atoms with Gasteiger partial charge in [-0.2, -0.15) is 0 Å². The number of fused-ring (bicyclic) bond motifs is 2. The molecule has 0 saturated heterocycles. The summed E-state index contributed by atoms with van der Waals surface area (Å²) in [5, 5.41) is 0. The minimum atomic E-state index is -2.16. The summed E-state index contributed by atoms with van der Waals surface area (Å²) in [6.45, 7) is 10.9. The first-order valence-corrected chi connectivity index (χ1v) is 45.6. The van der Waals surface area contributed by atoms with Crippen molar-refractivity contribution in [1.82, 2.24) is 0 Å². The second-order valence-electron chi connectivity index (χ2n) is 18.6. The van der Waals surface area contributed by atoms with E-state index in [9.17, 15) is 0 Å². The third-order valence-corrected chi connectivity index (χ3v) is 34.8. The molecular weight excluding hydrogens is 974 g/mol. The Hall–Kier alpha value is -0.263. The van der Waals surface area contributed by atoms with Gasteiger partial charge in [0.2, 0.25) is 0 Å². The van der Waals surface area contributed by atoms with E-state index in [2.05, 4.69) is 93.7 Å². The van der Waals surface area contributed by atoms with Crippen LogP contribution in [0.3, 0.4) is 0 Å². The van der Waals surface area contributed by atoms with Gasteiger partial charge in [0.05, 0.1) is 0 Å². The van der Waals surface area contributed by atoms with Crippen LogP contribution in [0.15, 0.2) is 36.4 Å². The van der Waals surface area contributed by atoms with Gasteiger partial charge in [-0.15, -0.1) is 0 Å². The normalized spacial score (nSPS) is 13.6. The Morgan fingerprint density at radius 2 is 0.786 bits per heavy atom. The Balaban J connectivity index is 1.58. The quantitative estimate of drug-likeness (QED) is 0.0406. The number of hydrogen-bond donors (Lipinski definition) is 0. The Bertz CT molecular complexity index is 1710. The molecule has 0 fully saturated rings. The van der Waals surface area contributed by atoms with Gasteiger partial charge < -0.3 is 0 Å². The van der Waals surface area contributed by atoms with Crippen molar-refractivity contribution in [3.8, 4) is 32.4 Å². The predicted molar refractivity (Wildman–Crippen MR) is 264 cm³/mol. The molecule has 2 unspecified atom stereocenters. The van der Waals surface area contributed by atoms with Crippen molar-refractivity contribution in [1.29, 1.82) is 0 Å². The molecule has 4 heterocycles. The van der Waals surface area contributed by atoms with Crippen LogP contribution in [0.25, 0.3) is 39.7 Å². The summed E-state index contributed by atoms with van der Waals surface area (Å²) in [7, 11) is 0. The molecule has 0 aliphatic carbocycles. The SMILES string of the molecule is CCCCCCC(CCCC)COc1cc(-c2cc3s[c]([Sn]([CH3])([CH3])[CH3])cc3s2)c(OCC(CCCC)CCCCCC)cc1-c1cc2s[c]([Sn]([CH3])([CH3])[CH3])cc2s1. The average molecular weight is 1050 g/mol. The Labute approximate surface area is 366 Å². The number of hydrogen-bond acceptors (Lipinski definition) is 6. The summed E-state index contributed by atoms with van der Waals surface area (Å²) >= 11 is 3.69. The molecule has 56 heavy (non-hydrogen) atoms. The van der Waals surface area contributed by atoms with Crippen LogP contribution in [0.2, 0.25) is 29.6 Å². The van der Waals surface area contributed by atoms with Crippen LogP contribution >= 0.6 is 45.3 Å². The van der Waals surface area contributed by atoms with E-state index in [0.29, 0.717) is 11.8 Å². The molecule has 2 atom stereocenters. The summed E-state index contributed by atoms with van der Waals surface area (Å²) in [6, 6.07) is 14.8. The Kier molecular flexibility index (Phi) is 18.8. The maximum atomic E-state index is 7.13. The average Bonchev–Trinajstić information content (AvgIpc) is 3.94. The third kappa shape index (κ3) is 13.4. The molecule has 310 valence electrons. The van der Waals surface area contributed by atoms with Crippen molar-refractivity contribution in [2.24, 2.45) is 11.8 Å². The van der Waals surface area contributed by atoms with E-state index < -0.39 is 36.8 Å². The van der Waals surface area contributed by atoms with Crippen LogP contribution in [0, 0.1) is 11.8 Å². The van der Waals surface area contributed by atoms with Gasteiger partial charge in [0.25, 0.3) is 0 Å². The molecular formula is C48H74O2S4Sn2. The first-order valence-electron chi connectivity index (χ1n) is 22.4. The Morgan fingerprint density at radius 1 is 0.429 bits per heavy atom. The van der Waals surface area contributed by atoms with Gasteiger partial charge in [-0.1, -0.05) is 79.1 Å².